The minimum Gasteiger partial charge on any atom is -0.373 e. The predicted molar refractivity (Wildman–Crippen MR) is 42.5 cm³/mol. The molecule has 0 spiro atoms. The average molecular weight is 156 g/mol. The van der Waals surface area contributed by atoms with Crippen LogP contribution in [0.1, 0.15) is 26.7 Å². The Hall–Kier alpha value is -0.0800. The highest BCUT2D eigenvalue weighted by Gasteiger charge is 2.36. The summed E-state index contributed by atoms with van der Waals surface area (Å²) >= 11 is 0. The van der Waals surface area contributed by atoms with Gasteiger partial charge < -0.3 is 9.47 Å². The first-order valence-corrected chi connectivity index (χ1v) is 4.39. The molecule has 0 N–H and O–H groups in total. The van der Waals surface area contributed by atoms with Crippen LogP contribution in [0.4, 0.5) is 0 Å². The first-order valence-electron chi connectivity index (χ1n) is 4.39. The van der Waals surface area contributed by atoms with Crippen LogP contribution in [0.25, 0.3) is 0 Å². The van der Waals surface area contributed by atoms with Crippen LogP contribution in [0.2, 0.25) is 0 Å². The Bertz CT molecular complexity index is 130. The molecule has 2 nitrogen and oxygen atoms in total. The third-order valence-electron chi connectivity index (χ3n) is 2.37. The molecule has 2 aliphatic heterocycles. The topological polar surface area (TPSA) is 25.1 Å². The summed E-state index contributed by atoms with van der Waals surface area (Å²) in [6, 6.07) is 0. The summed E-state index contributed by atoms with van der Waals surface area (Å²) in [6.07, 6.45) is 3.52. The molecule has 11 heavy (non-hydrogen) atoms. The van der Waals surface area contributed by atoms with Gasteiger partial charge in [0.05, 0.1) is 25.4 Å². The molecular formula is C9H16O2. The molecule has 0 radical (unpaired) electrons. The summed E-state index contributed by atoms with van der Waals surface area (Å²) < 4.78 is 10.4. The molecule has 2 aliphatic rings. The van der Waals surface area contributed by atoms with Gasteiger partial charge in [-0.15, -0.1) is 0 Å². The van der Waals surface area contributed by atoms with Gasteiger partial charge in [0.15, 0.2) is 0 Å². The zero-order valence-electron chi connectivity index (χ0n) is 7.30. The van der Waals surface area contributed by atoms with Crippen molar-refractivity contribution in [1.82, 2.24) is 0 Å². The molecule has 0 amide bonds. The third-order valence-corrected chi connectivity index (χ3v) is 2.37. The Labute approximate surface area is 67.9 Å². The van der Waals surface area contributed by atoms with E-state index in [1.807, 2.05) is 0 Å². The summed E-state index contributed by atoms with van der Waals surface area (Å²) in [5, 5.41) is 0. The van der Waals surface area contributed by atoms with E-state index >= 15 is 0 Å². The van der Waals surface area contributed by atoms with E-state index in [-0.39, 0.29) is 0 Å². The Morgan fingerprint density at radius 2 is 1.45 bits per heavy atom. The highest BCUT2D eigenvalue weighted by Crippen LogP contribution is 2.36. The number of hydrogen-bond donors (Lipinski definition) is 0. The zero-order valence-corrected chi connectivity index (χ0v) is 7.30. The predicted octanol–water partition coefficient (Wildman–Crippen LogP) is 1.59. The molecule has 0 aromatic carbocycles. The molecule has 2 heteroatoms. The van der Waals surface area contributed by atoms with Crippen LogP contribution in [0.5, 0.6) is 0 Å². The van der Waals surface area contributed by atoms with Gasteiger partial charge in [-0.05, 0) is 18.3 Å². The first kappa shape index (κ1) is 7.56. The zero-order chi connectivity index (χ0) is 7.90. The van der Waals surface area contributed by atoms with Crippen molar-refractivity contribution >= 4 is 0 Å². The molecule has 0 aromatic heterocycles. The van der Waals surface area contributed by atoms with E-state index < -0.39 is 0 Å². The fraction of sp³-hybridized carbons (Fsp3) is 1.00. The van der Waals surface area contributed by atoms with Crippen LogP contribution in [-0.4, -0.2) is 25.4 Å². The van der Waals surface area contributed by atoms with E-state index in [4.69, 9.17) is 9.47 Å². The Balaban J connectivity index is 1.75. The van der Waals surface area contributed by atoms with Crippen LogP contribution >= 0.6 is 0 Å². The summed E-state index contributed by atoms with van der Waals surface area (Å²) in [4.78, 5) is 0. The van der Waals surface area contributed by atoms with Crippen molar-refractivity contribution in [1.29, 1.82) is 0 Å². The average Bonchev–Trinajstić information content (AvgIpc) is 2.60. The largest absolute Gasteiger partial charge is 0.373 e. The maximum Gasteiger partial charge on any atom is 0.0815 e. The van der Waals surface area contributed by atoms with Crippen molar-refractivity contribution in [2.24, 2.45) is 5.41 Å². The van der Waals surface area contributed by atoms with E-state index in [2.05, 4.69) is 13.8 Å². The Morgan fingerprint density at radius 3 is 1.73 bits per heavy atom. The minimum atomic E-state index is 0.419. The maximum atomic E-state index is 5.21. The van der Waals surface area contributed by atoms with Gasteiger partial charge in [0.1, 0.15) is 0 Å². The normalized spacial score (nSPS) is 35.5. The monoisotopic (exact) mass is 156 g/mol. The van der Waals surface area contributed by atoms with E-state index in [9.17, 15) is 0 Å². The summed E-state index contributed by atoms with van der Waals surface area (Å²) in [5.41, 5.74) is 0.419. The second-order valence-electron chi connectivity index (χ2n) is 4.48. The van der Waals surface area contributed by atoms with Crippen molar-refractivity contribution < 1.29 is 9.47 Å². The summed E-state index contributed by atoms with van der Waals surface area (Å²) in [6.45, 7) is 6.57. The molecular weight excluding hydrogens is 140 g/mol. The lowest BCUT2D eigenvalue weighted by atomic mass is 9.83. The highest BCUT2D eigenvalue weighted by atomic mass is 16.6. The number of rotatable bonds is 4. The van der Waals surface area contributed by atoms with E-state index in [0.29, 0.717) is 17.6 Å². The van der Waals surface area contributed by atoms with Gasteiger partial charge in [0.2, 0.25) is 0 Å². The van der Waals surface area contributed by atoms with Crippen LogP contribution in [0.3, 0.4) is 0 Å². The second kappa shape index (κ2) is 2.46. The fourth-order valence-electron chi connectivity index (χ4n) is 1.69. The Morgan fingerprint density at radius 1 is 1.09 bits per heavy atom. The lowest BCUT2D eigenvalue weighted by molar-refractivity contribution is 0.231. The first-order chi connectivity index (χ1) is 5.16. The van der Waals surface area contributed by atoms with Crippen molar-refractivity contribution in [2.45, 2.75) is 38.9 Å². The lowest BCUT2D eigenvalue weighted by Gasteiger charge is -2.22. The van der Waals surface area contributed by atoms with Gasteiger partial charge in [-0.1, -0.05) is 13.8 Å². The van der Waals surface area contributed by atoms with Gasteiger partial charge in [0, 0.05) is 0 Å². The van der Waals surface area contributed by atoms with Crippen LogP contribution in [0, 0.1) is 5.41 Å². The molecule has 2 saturated heterocycles. The van der Waals surface area contributed by atoms with Crippen LogP contribution in [0.15, 0.2) is 0 Å². The molecule has 2 rings (SSSR count). The number of epoxide rings is 2. The molecule has 2 atom stereocenters. The van der Waals surface area contributed by atoms with Gasteiger partial charge in [-0.3, -0.25) is 0 Å². The van der Waals surface area contributed by atoms with Gasteiger partial charge in [0.25, 0.3) is 0 Å². The molecule has 0 aromatic rings. The quantitative estimate of drug-likeness (QED) is 0.577. The Kier molecular flexibility index (Phi) is 1.69. The highest BCUT2D eigenvalue weighted by molar-refractivity contribution is 4.84. The smallest absolute Gasteiger partial charge is 0.0815 e. The summed E-state index contributed by atoms with van der Waals surface area (Å²) in [5.74, 6) is 0. The molecule has 2 fully saturated rings. The van der Waals surface area contributed by atoms with Crippen molar-refractivity contribution in [3.8, 4) is 0 Å². The molecule has 2 unspecified atom stereocenters. The van der Waals surface area contributed by atoms with Gasteiger partial charge >= 0.3 is 0 Å². The third kappa shape index (κ3) is 2.46. The van der Waals surface area contributed by atoms with Gasteiger partial charge in [-0.2, -0.15) is 0 Å². The van der Waals surface area contributed by atoms with Crippen molar-refractivity contribution in [3.63, 3.8) is 0 Å². The number of hydrogen-bond acceptors (Lipinski definition) is 2. The fourth-order valence-corrected chi connectivity index (χ4v) is 1.69. The molecule has 2 heterocycles. The number of ether oxygens (including phenoxy) is 2. The van der Waals surface area contributed by atoms with E-state index in [1.165, 1.54) is 12.8 Å². The van der Waals surface area contributed by atoms with E-state index in [1.54, 1.807) is 0 Å². The summed E-state index contributed by atoms with van der Waals surface area (Å²) in [7, 11) is 0. The SMILES string of the molecule is CC(C)(CC1CO1)CC1CO1. The maximum absolute atomic E-state index is 5.21. The lowest BCUT2D eigenvalue weighted by Crippen LogP contribution is -2.16. The van der Waals surface area contributed by atoms with Gasteiger partial charge in [-0.25, -0.2) is 0 Å². The molecule has 0 bridgehead atoms. The van der Waals surface area contributed by atoms with Crippen LogP contribution < -0.4 is 0 Å². The van der Waals surface area contributed by atoms with Crippen molar-refractivity contribution in [3.05, 3.63) is 0 Å². The van der Waals surface area contributed by atoms with E-state index in [0.717, 1.165) is 13.2 Å². The standard InChI is InChI=1S/C9H16O2/c1-9(2,3-7-5-10-7)4-8-6-11-8/h7-8H,3-6H2,1-2H3. The molecule has 64 valence electrons. The van der Waals surface area contributed by atoms with Crippen molar-refractivity contribution in [2.75, 3.05) is 13.2 Å². The second-order valence-corrected chi connectivity index (χ2v) is 4.48. The molecule has 0 saturated carbocycles. The van der Waals surface area contributed by atoms with Crippen LogP contribution in [-0.2, 0) is 9.47 Å². The molecule has 0 aliphatic carbocycles. The minimum absolute atomic E-state index is 0.419.